The number of aryl methyl sites for hydroxylation is 2. The topological polar surface area (TPSA) is 82.0 Å². The van der Waals surface area contributed by atoms with Gasteiger partial charge in [-0.2, -0.15) is 13.5 Å². The van der Waals surface area contributed by atoms with Crippen molar-refractivity contribution in [1.82, 2.24) is 4.83 Å². The van der Waals surface area contributed by atoms with Crippen LogP contribution in [0.4, 0.5) is 5.69 Å². The van der Waals surface area contributed by atoms with E-state index in [-0.39, 0.29) is 10.6 Å². The first-order valence-corrected chi connectivity index (χ1v) is 9.97. The van der Waals surface area contributed by atoms with E-state index in [9.17, 15) is 13.5 Å². The van der Waals surface area contributed by atoms with Gasteiger partial charge in [0.25, 0.3) is 10.0 Å². The van der Waals surface area contributed by atoms with Crippen molar-refractivity contribution in [2.45, 2.75) is 32.6 Å². The third kappa shape index (κ3) is 4.54. The van der Waals surface area contributed by atoms with Crippen molar-refractivity contribution < 1.29 is 13.5 Å². The fraction of sp³-hybridized carbons (Fsp3) is 0.316. The lowest BCUT2D eigenvalue weighted by Crippen LogP contribution is -2.21. The molecule has 0 saturated heterocycles. The molecular formula is C19H25N3O3S. The van der Waals surface area contributed by atoms with Crippen LogP contribution in [0.1, 0.15) is 30.5 Å². The van der Waals surface area contributed by atoms with E-state index in [2.05, 4.69) is 14.8 Å². The van der Waals surface area contributed by atoms with Crippen LogP contribution >= 0.6 is 0 Å². The fourth-order valence-corrected chi connectivity index (χ4v) is 3.76. The number of benzene rings is 2. The Bertz CT molecular complexity index is 904. The summed E-state index contributed by atoms with van der Waals surface area (Å²) in [6, 6.07) is 10.4. The van der Waals surface area contributed by atoms with Gasteiger partial charge in [-0.15, -0.1) is 0 Å². The number of nitrogens with zero attached hydrogens (tertiary/aromatic N) is 2. The second-order valence-corrected chi connectivity index (χ2v) is 7.67. The maximum Gasteiger partial charge on any atom is 0.276 e. The Kier molecular flexibility index (Phi) is 6.26. The lowest BCUT2D eigenvalue weighted by Gasteiger charge is -2.21. The molecule has 26 heavy (non-hydrogen) atoms. The molecule has 6 nitrogen and oxygen atoms in total. The predicted octanol–water partition coefficient (Wildman–Crippen LogP) is 3.17. The van der Waals surface area contributed by atoms with E-state index >= 15 is 0 Å². The molecule has 2 rings (SSSR count). The Morgan fingerprint density at radius 3 is 2.42 bits per heavy atom. The molecule has 2 aromatic carbocycles. The van der Waals surface area contributed by atoms with Crippen LogP contribution in [0, 0.1) is 13.8 Å². The van der Waals surface area contributed by atoms with Gasteiger partial charge in [0.1, 0.15) is 5.75 Å². The van der Waals surface area contributed by atoms with Crippen molar-refractivity contribution in [3.63, 3.8) is 0 Å². The molecule has 0 spiro atoms. The smallest absolute Gasteiger partial charge is 0.276 e. The van der Waals surface area contributed by atoms with Gasteiger partial charge in [-0.3, -0.25) is 0 Å². The molecule has 140 valence electrons. The summed E-state index contributed by atoms with van der Waals surface area (Å²) in [6.45, 7) is 9.31. The molecule has 0 bridgehead atoms. The molecule has 0 atom stereocenters. The van der Waals surface area contributed by atoms with E-state index in [1.807, 2.05) is 32.9 Å². The van der Waals surface area contributed by atoms with Gasteiger partial charge in [0, 0.05) is 30.4 Å². The number of phenolic OH excluding ortho intramolecular Hbond substituents is 1. The predicted molar refractivity (Wildman–Crippen MR) is 105 cm³/mol. The monoisotopic (exact) mass is 375 g/mol. The van der Waals surface area contributed by atoms with E-state index in [1.54, 1.807) is 31.2 Å². The Balaban J connectivity index is 2.19. The SMILES string of the molecule is CCN(CC)c1ccc(C=NNS(=O)(=O)c2cc(C)ccc2C)c(O)c1. The summed E-state index contributed by atoms with van der Waals surface area (Å²) < 4.78 is 24.8. The average Bonchev–Trinajstić information content (AvgIpc) is 2.59. The number of nitrogens with one attached hydrogen (secondary N) is 1. The van der Waals surface area contributed by atoms with E-state index < -0.39 is 10.0 Å². The molecule has 0 fully saturated rings. The molecular weight excluding hydrogens is 350 g/mol. The summed E-state index contributed by atoms with van der Waals surface area (Å²) in [5, 5.41) is 14.0. The first-order valence-electron chi connectivity index (χ1n) is 8.48. The number of phenols is 1. The van der Waals surface area contributed by atoms with E-state index in [0.29, 0.717) is 11.1 Å². The summed E-state index contributed by atoms with van der Waals surface area (Å²) in [5.74, 6) is 0.0454. The van der Waals surface area contributed by atoms with Crippen molar-refractivity contribution in [3.8, 4) is 5.75 Å². The molecule has 0 heterocycles. The summed E-state index contributed by atoms with van der Waals surface area (Å²) >= 11 is 0. The third-order valence-corrected chi connectivity index (χ3v) is 5.52. The maximum atomic E-state index is 12.4. The number of hydrogen-bond donors (Lipinski definition) is 2. The van der Waals surface area contributed by atoms with Crippen LogP contribution < -0.4 is 9.73 Å². The van der Waals surface area contributed by atoms with Crippen LogP contribution in [-0.4, -0.2) is 32.8 Å². The Hall–Kier alpha value is -2.54. The molecule has 0 aromatic heterocycles. The normalized spacial score (nSPS) is 11.7. The standard InChI is InChI=1S/C19H25N3O3S/c1-5-22(6-2)17-10-9-16(18(23)12-17)13-20-21-26(24,25)19-11-14(3)7-8-15(19)4/h7-13,21,23H,5-6H2,1-4H3. The molecule has 0 saturated carbocycles. The molecule has 0 unspecified atom stereocenters. The zero-order valence-electron chi connectivity index (χ0n) is 15.5. The molecule has 7 heteroatoms. The maximum absolute atomic E-state index is 12.4. The van der Waals surface area contributed by atoms with Crippen LogP contribution in [0.15, 0.2) is 46.4 Å². The number of aromatic hydroxyl groups is 1. The zero-order chi connectivity index (χ0) is 19.3. The highest BCUT2D eigenvalue weighted by Gasteiger charge is 2.16. The van der Waals surface area contributed by atoms with Crippen LogP contribution in [0.2, 0.25) is 0 Å². The average molecular weight is 375 g/mol. The first kappa shape index (κ1) is 19.8. The molecule has 0 aliphatic heterocycles. The highest BCUT2D eigenvalue weighted by Crippen LogP contribution is 2.23. The molecule has 0 amide bonds. The van der Waals surface area contributed by atoms with E-state index in [0.717, 1.165) is 24.3 Å². The van der Waals surface area contributed by atoms with Gasteiger partial charge < -0.3 is 10.0 Å². The van der Waals surface area contributed by atoms with Crippen molar-refractivity contribution in [2.24, 2.45) is 5.10 Å². The van der Waals surface area contributed by atoms with E-state index in [1.165, 1.54) is 6.21 Å². The Morgan fingerprint density at radius 2 is 1.81 bits per heavy atom. The second-order valence-electron chi connectivity index (χ2n) is 6.04. The minimum atomic E-state index is -3.76. The minimum Gasteiger partial charge on any atom is -0.507 e. The van der Waals surface area contributed by atoms with Gasteiger partial charge in [0.15, 0.2) is 0 Å². The Morgan fingerprint density at radius 1 is 1.12 bits per heavy atom. The third-order valence-electron chi connectivity index (χ3n) is 4.15. The molecule has 0 aliphatic rings. The van der Waals surface area contributed by atoms with Gasteiger partial charge >= 0.3 is 0 Å². The van der Waals surface area contributed by atoms with Gasteiger partial charge in [0.05, 0.1) is 11.1 Å². The lowest BCUT2D eigenvalue weighted by atomic mass is 10.2. The number of anilines is 1. The number of sulfonamides is 1. The molecule has 0 radical (unpaired) electrons. The van der Waals surface area contributed by atoms with Gasteiger partial charge in [-0.05, 0) is 57.0 Å². The zero-order valence-corrected chi connectivity index (χ0v) is 16.3. The highest BCUT2D eigenvalue weighted by atomic mass is 32.2. The van der Waals surface area contributed by atoms with Crippen molar-refractivity contribution >= 4 is 21.9 Å². The molecule has 0 aliphatic carbocycles. The quantitative estimate of drug-likeness (QED) is 0.575. The molecule has 2 N–H and O–H groups in total. The highest BCUT2D eigenvalue weighted by molar-refractivity contribution is 7.89. The van der Waals surface area contributed by atoms with Crippen LogP contribution in [0.3, 0.4) is 0 Å². The fourth-order valence-electron chi connectivity index (χ4n) is 2.64. The lowest BCUT2D eigenvalue weighted by molar-refractivity contribution is 0.474. The van der Waals surface area contributed by atoms with Gasteiger partial charge in [-0.1, -0.05) is 12.1 Å². The number of hydrazone groups is 1. The van der Waals surface area contributed by atoms with Crippen molar-refractivity contribution in [2.75, 3.05) is 18.0 Å². The summed E-state index contributed by atoms with van der Waals surface area (Å²) in [4.78, 5) is 4.49. The summed E-state index contributed by atoms with van der Waals surface area (Å²) in [6.07, 6.45) is 1.30. The minimum absolute atomic E-state index is 0.0454. The largest absolute Gasteiger partial charge is 0.507 e. The van der Waals surface area contributed by atoms with Crippen LogP contribution in [0.5, 0.6) is 5.75 Å². The van der Waals surface area contributed by atoms with Crippen LogP contribution in [0.25, 0.3) is 0 Å². The summed E-state index contributed by atoms with van der Waals surface area (Å²) in [5.41, 5.74) is 2.83. The van der Waals surface area contributed by atoms with Crippen molar-refractivity contribution in [1.29, 1.82) is 0 Å². The van der Waals surface area contributed by atoms with Crippen molar-refractivity contribution in [3.05, 3.63) is 53.1 Å². The Labute approximate surface area is 155 Å². The second kappa shape index (κ2) is 8.23. The first-order chi connectivity index (χ1) is 12.3. The number of hydrogen-bond acceptors (Lipinski definition) is 5. The van der Waals surface area contributed by atoms with Crippen LogP contribution in [-0.2, 0) is 10.0 Å². The van der Waals surface area contributed by atoms with E-state index in [4.69, 9.17) is 0 Å². The summed E-state index contributed by atoms with van der Waals surface area (Å²) in [7, 11) is -3.76. The number of rotatable bonds is 7. The molecule has 2 aromatic rings. The van der Waals surface area contributed by atoms with Gasteiger partial charge in [0.2, 0.25) is 0 Å². The van der Waals surface area contributed by atoms with Gasteiger partial charge in [-0.25, -0.2) is 4.83 Å².